The fourth-order valence-electron chi connectivity index (χ4n) is 3.02. The molecule has 0 aromatic carbocycles. The highest BCUT2D eigenvalue weighted by Crippen LogP contribution is 2.21. The molecule has 3 heterocycles. The number of carbonyl (C=O) groups excluding carboxylic acids is 1. The SMILES string of the molecule is Cc1nsc(N2CCN(C(=O)C(N)C3CCOCC3)CC2)n1. The van der Waals surface area contributed by atoms with Gasteiger partial charge in [0, 0.05) is 50.9 Å². The Hall–Kier alpha value is -1.25. The summed E-state index contributed by atoms with van der Waals surface area (Å²) >= 11 is 1.42. The summed E-state index contributed by atoms with van der Waals surface area (Å²) < 4.78 is 9.55. The molecule has 2 N–H and O–H groups in total. The van der Waals surface area contributed by atoms with Gasteiger partial charge in [0.2, 0.25) is 11.0 Å². The van der Waals surface area contributed by atoms with E-state index in [9.17, 15) is 4.79 Å². The van der Waals surface area contributed by atoms with Crippen LogP contribution >= 0.6 is 11.5 Å². The van der Waals surface area contributed by atoms with Crippen LogP contribution in [0.15, 0.2) is 0 Å². The van der Waals surface area contributed by atoms with Crippen molar-refractivity contribution in [2.75, 3.05) is 44.3 Å². The van der Waals surface area contributed by atoms with E-state index in [0.29, 0.717) is 13.1 Å². The van der Waals surface area contributed by atoms with Gasteiger partial charge in [-0.15, -0.1) is 0 Å². The molecule has 3 rings (SSSR count). The molecule has 2 fully saturated rings. The predicted octanol–water partition coefficient (Wildman–Crippen LogP) is 0.249. The zero-order chi connectivity index (χ0) is 15.5. The molecule has 0 radical (unpaired) electrons. The normalized spacial score (nSPS) is 21.9. The maximum absolute atomic E-state index is 12.6. The standard InChI is InChI=1S/C14H23N5O2S/c1-10-16-14(22-17-10)19-6-4-18(5-7-19)13(20)12(15)11-2-8-21-9-3-11/h11-12H,2-9,15H2,1H3. The minimum Gasteiger partial charge on any atom is -0.381 e. The van der Waals surface area contributed by atoms with Crippen LogP contribution in [0.1, 0.15) is 18.7 Å². The molecule has 2 aliphatic rings. The third-order valence-corrected chi connectivity index (χ3v) is 5.31. The maximum atomic E-state index is 12.6. The second-order valence-corrected chi connectivity index (χ2v) is 6.64. The maximum Gasteiger partial charge on any atom is 0.239 e. The van der Waals surface area contributed by atoms with Crippen LogP contribution in [0, 0.1) is 12.8 Å². The summed E-state index contributed by atoms with van der Waals surface area (Å²) in [4.78, 5) is 21.0. The lowest BCUT2D eigenvalue weighted by Gasteiger charge is -2.37. The molecule has 1 atom stereocenters. The minimum atomic E-state index is -0.390. The Labute approximate surface area is 134 Å². The summed E-state index contributed by atoms with van der Waals surface area (Å²) in [5.41, 5.74) is 6.19. The van der Waals surface area contributed by atoms with Gasteiger partial charge in [-0.05, 0) is 25.7 Å². The zero-order valence-electron chi connectivity index (χ0n) is 12.9. The number of hydrogen-bond acceptors (Lipinski definition) is 7. The van der Waals surface area contributed by atoms with Gasteiger partial charge in [-0.1, -0.05) is 0 Å². The first-order valence-electron chi connectivity index (χ1n) is 7.82. The van der Waals surface area contributed by atoms with Crippen molar-refractivity contribution in [3.05, 3.63) is 5.82 Å². The van der Waals surface area contributed by atoms with E-state index >= 15 is 0 Å². The molecule has 1 aromatic heterocycles. The molecule has 2 aliphatic heterocycles. The Bertz CT molecular complexity index is 509. The second-order valence-electron chi connectivity index (χ2n) is 5.91. The molecule has 0 aliphatic carbocycles. The first kappa shape index (κ1) is 15.6. The highest BCUT2D eigenvalue weighted by molar-refractivity contribution is 7.09. The summed E-state index contributed by atoms with van der Waals surface area (Å²) in [6, 6.07) is -0.390. The van der Waals surface area contributed by atoms with Crippen molar-refractivity contribution in [1.29, 1.82) is 0 Å². The van der Waals surface area contributed by atoms with Gasteiger partial charge < -0.3 is 20.3 Å². The molecule has 1 unspecified atom stereocenters. The molecule has 7 nitrogen and oxygen atoms in total. The summed E-state index contributed by atoms with van der Waals surface area (Å²) in [7, 11) is 0. The van der Waals surface area contributed by atoms with E-state index in [4.69, 9.17) is 10.5 Å². The number of aromatic nitrogens is 2. The van der Waals surface area contributed by atoms with Crippen molar-refractivity contribution < 1.29 is 9.53 Å². The van der Waals surface area contributed by atoms with E-state index in [1.165, 1.54) is 11.5 Å². The van der Waals surface area contributed by atoms with Crippen LogP contribution in [-0.2, 0) is 9.53 Å². The highest BCUT2D eigenvalue weighted by atomic mass is 32.1. The summed E-state index contributed by atoms with van der Waals surface area (Å²) in [5.74, 6) is 1.14. The van der Waals surface area contributed by atoms with Crippen LogP contribution in [0.3, 0.4) is 0 Å². The number of hydrogen-bond donors (Lipinski definition) is 1. The van der Waals surface area contributed by atoms with Crippen LogP contribution in [0.5, 0.6) is 0 Å². The van der Waals surface area contributed by atoms with Crippen molar-refractivity contribution in [2.24, 2.45) is 11.7 Å². The summed E-state index contributed by atoms with van der Waals surface area (Å²) in [6.45, 7) is 6.32. The third kappa shape index (κ3) is 3.39. The van der Waals surface area contributed by atoms with Crippen LogP contribution in [0.25, 0.3) is 0 Å². The third-order valence-electron chi connectivity index (χ3n) is 4.44. The molecular weight excluding hydrogens is 302 g/mol. The highest BCUT2D eigenvalue weighted by Gasteiger charge is 2.31. The van der Waals surface area contributed by atoms with E-state index in [2.05, 4.69) is 14.3 Å². The number of anilines is 1. The van der Waals surface area contributed by atoms with Crippen molar-refractivity contribution in [1.82, 2.24) is 14.3 Å². The number of rotatable bonds is 3. The van der Waals surface area contributed by atoms with Crippen molar-refractivity contribution in [2.45, 2.75) is 25.8 Å². The van der Waals surface area contributed by atoms with Gasteiger partial charge >= 0.3 is 0 Å². The molecule has 1 aromatic rings. The lowest BCUT2D eigenvalue weighted by atomic mass is 9.91. The Kier molecular flexibility index (Phi) is 4.90. The Morgan fingerprint density at radius 2 is 2.00 bits per heavy atom. The van der Waals surface area contributed by atoms with Crippen molar-refractivity contribution in [3.8, 4) is 0 Å². The van der Waals surface area contributed by atoms with Gasteiger partial charge in [-0.3, -0.25) is 4.79 Å². The van der Waals surface area contributed by atoms with Crippen molar-refractivity contribution >= 4 is 22.6 Å². The quantitative estimate of drug-likeness (QED) is 0.857. The largest absolute Gasteiger partial charge is 0.381 e. The van der Waals surface area contributed by atoms with E-state index < -0.39 is 0 Å². The Morgan fingerprint density at radius 1 is 1.32 bits per heavy atom. The van der Waals surface area contributed by atoms with Crippen LogP contribution in [0.2, 0.25) is 0 Å². The molecule has 22 heavy (non-hydrogen) atoms. The van der Waals surface area contributed by atoms with Gasteiger partial charge in [0.1, 0.15) is 5.82 Å². The molecule has 122 valence electrons. The molecule has 0 bridgehead atoms. The van der Waals surface area contributed by atoms with Gasteiger partial charge in [-0.25, -0.2) is 4.98 Å². The van der Waals surface area contributed by atoms with E-state index in [1.807, 2.05) is 11.8 Å². The summed E-state index contributed by atoms with van der Waals surface area (Å²) in [6.07, 6.45) is 1.77. The number of carbonyl (C=O) groups is 1. The van der Waals surface area contributed by atoms with Gasteiger partial charge in [0.15, 0.2) is 0 Å². The zero-order valence-corrected chi connectivity index (χ0v) is 13.7. The number of ether oxygens (including phenoxy) is 1. The predicted molar refractivity (Wildman–Crippen MR) is 85.0 cm³/mol. The molecule has 0 saturated carbocycles. The molecule has 1 amide bonds. The second kappa shape index (κ2) is 6.89. The molecular formula is C14H23N5O2S. The fraction of sp³-hybridized carbons (Fsp3) is 0.786. The number of amides is 1. The number of nitrogens with two attached hydrogens (primary N) is 1. The molecule has 2 saturated heterocycles. The monoisotopic (exact) mass is 325 g/mol. The first-order valence-corrected chi connectivity index (χ1v) is 8.60. The smallest absolute Gasteiger partial charge is 0.239 e. The van der Waals surface area contributed by atoms with E-state index in [0.717, 1.165) is 50.1 Å². The van der Waals surface area contributed by atoms with Gasteiger partial charge in [0.05, 0.1) is 6.04 Å². The lowest BCUT2D eigenvalue weighted by molar-refractivity contribution is -0.135. The average molecular weight is 325 g/mol. The molecule has 0 spiro atoms. The topological polar surface area (TPSA) is 84.6 Å². The van der Waals surface area contributed by atoms with Crippen LogP contribution in [-0.4, -0.2) is 65.6 Å². The number of aryl methyl sites for hydroxylation is 1. The molecule has 8 heteroatoms. The minimum absolute atomic E-state index is 0.0833. The Morgan fingerprint density at radius 3 is 2.59 bits per heavy atom. The van der Waals surface area contributed by atoms with E-state index in [1.54, 1.807) is 0 Å². The van der Waals surface area contributed by atoms with Crippen LogP contribution in [0.4, 0.5) is 5.13 Å². The number of piperazine rings is 1. The van der Waals surface area contributed by atoms with Gasteiger partial charge in [-0.2, -0.15) is 4.37 Å². The number of nitrogens with zero attached hydrogens (tertiary/aromatic N) is 4. The Balaban J connectivity index is 1.53. The summed E-state index contributed by atoms with van der Waals surface area (Å²) in [5, 5.41) is 0.943. The average Bonchev–Trinajstić information content (AvgIpc) is 3.01. The fourth-order valence-corrected chi connectivity index (χ4v) is 3.75. The first-order chi connectivity index (χ1) is 10.6. The van der Waals surface area contributed by atoms with Crippen LogP contribution < -0.4 is 10.6 Å². The van der Waals surface area contributed by atoms with Crippen molar-refractivity contribution in [3.63, 3.8) is 0 Å². The van der Waals surface area contributed by atoms with E-state index in [-0.39, 0.29) is 17.9 Å². The lowest BCUT2D eigenvalue weighted by Crippen LogP contribution is -2.55. The van der Waals surface area contributed by atoms with Gasteiger partial charge in [0.25, 0.3) is 0 Å².